The van der Waals surface area contributed by atoms with E-state index in [1.54, 1.807) is 18.2 Å². The number of rotatable bonds is 7. The summed E-state index contributed by atoms with van der Waals surface area (Å²) in [5, 5.41) is 2.87. The molecule has 1 amide bonds. The molecular weight excluding hydrogens is 391 g/mol. The zero-order chi connectivity index (χ0) is 20.9. The number of aryl methyl sites for hydroxylation is 1. The van der Waals surface area contributed by atoms with Crippen molar-refractivity contribution in [1.82, 2.24) is 10.0 Å². The molecule has 0 atom stereocenters. The number of halogens is 1. The largest absolute Gasteiger partial charge is 0.348 e. The average Bonchev–Trinajstić information content (AvgIpc) is 2.72. The maximum Gasteiger partial charge on any atom is 0.251 e. The molecule has 5 nitrogen and oxygen atoms in total. The third kappa shape index (κ3) is 5.49. The molecule has 0 unspecified atom stereocenters. The van der Waals surface area contributed by atoms with Gasteiger partial charge in [0.1, 0.15) is 5.82 Å². The average molecular weight is 412 g/mol. The van der Waals surface area contributed by atoms with Crippen LogP contribution in [-0.2, 0) is 23.1 Å². The lowest BCUT2D eigenvalue weighted by molar-refractivity contribution is 0.0950. The highest BCUT2D eigenvalue weighted by atomic mass is 32.2. The lowest BCUT2D eigenvalue weighted by Crippen LogP contribution is -2.24. The molecule has 0 spiro atoms. The van der Waals surface area contributed by atoms with Gasteiger partial charge in [0.05, 0.1) is 4.90 Å². The predicted octanol–water partition coefficient (Wildman–Crippen LogP) is 3.54. The van der Waals surface area contributed by atoms with Crippen LogP contribution in [0.1, 0.15) is 27.0 Å². The molecule has 3 aromatic carbocycles. The van der Waals surface area contributed by atoms with Crippen LogP contribution in [0.4, 0.5) is 4.39 Å². The Morgan fingerprint density at radius 2 is 1.55 bits per heavy atom. The van der Waals surface area contributed by atoms with Gasteiger partial charge in [-0.3, -0.25) is 4.79 Å². The Morgan fingerprint density at radius 3 is 2.21 bits per heavy atom. The predicted molar refractivity (Wildman–Crippen MR) is 109 cm³/mol. The summed E-state index contributed by atoms with van der Waals surface area (Å²) < 4.78 is 40.2. The molecule has 150 valence electrons. The minimum Gasteiger partial charge on any atom is -0.348 e. The van der Waals surface area contributed by atoms with E-state index in [0.29, 0.717) is 12.1 Å². The summed E-state index contributed by atoms with van der Waals surface area (Å²) in [6, 6.07) is 19.4. The van der Waals surface area contributed by atoms with Gasteiger partial charge in [-0.25, -0.2) is 17.5 Å². The molecular formula is C22H21FN2O3S. The summed E-state index contributed by atoms with van der Waals surface area (Å²) in [4.78, 5) is 12.1. The molecule has 0 heterocycles. The molecule has 0 saturated heterocycles. The number of carbonyl (C=O) groups is 1. The van der Waals surface area contributed by atoms with Gasteiger partial charge in [0.15, 0.2) is 0 Å². The highest BCUT2D eigenvalue weighted by Crippen LogP contribution is 2.12. The van der Waals surface area contributed by atoms with Gasteiger partial charge in [0, 0.05) is 18.7 Å². The van der Waals surface area contributed by atoms with E-state index in [1.807, 2.05) is 37.3 Å². The van der Waals surface area contributed by atoms with E-state index in [-0.39, 0.29) is 17.3 Å². The van der Waals surface area contributed by atoms with Gasteiger partial charge in [-0.15, -0.1) is 0 Å². The van der Waals surface area contributed by atoms with Crippen LogP contribution >= 0.6 is 0 Å². The summed E-state index contributed by atoms with van der Waals surface area (Å²) >= 11 is 0. The monoisotopic (exact) mass is 412 g/mol. The Bertz CT molecular complexity index is 1110. The van der Waals surface area contributed by atoms with Gasteiger partial charge < -0.3 is 5.32 Å². The molecule has 0 aliphatic rings. The van der Waals surface area contributed by atoms with E-state index in [4.69, 9.17) is 0 Å². The molecule has 3 rings (SSSR count). The zero-order valence-corrected chi connectivity index (χ0v) is 16.7. The van der Waals surface area contributed by atoms with Crippen molar-refractivity contribution >= 4 is 15.9 Å². The van der Waals surface area contributed by atoms with E-state index < -0.39 is 15.8 Å². The topological polar surface area (TPSA) is 75.3 Å². The Balaban J connectivity index is 1.56. The highest BCUT2D eigenvalue weighted by molar-refractivity contribution is 7.89. The van der Waals surface area contributed by atoms with E-state index in [9.17, 15) is 17.6 Å². The van der Waals surface area contributed by atoms with Crippen molar-refractivity contribution < 1.29 is 17.6 Å². The normalized spacial score (nSPS) is 11.2. The fourth-order valence-electron chi connectivity index (χ4n) is 2.78. The maximum absolute atomic E-state index is 13.2. The van der Waals surface area contributed by atoms with Crippen molar-refractivity contribution in [2.45, 2.75) is 24.9 Å². The lowest BCUT2D eigenvalue weighted by atomic mass is 10.1. The molecule has 0 radical (unpaired) electrons. The van der Waals surface area contributed by atoms with Crippen molar-refractivity contribution in [3.05, 3.63) is 101 Å². The number of nitrogens with one attached hydrogen (secondary N) is 2. The summed E-state index contributed by atoms with van der Waals surface area (Å²) in [5.41, 5.74) is 3.18. The third-order valence-electron chi connectivity index (χ3n) is 4.44. The van der Waals surface area contributed by atoms with Crippen LogP contribution in [0.5, 0.6) is 0 Å². The fourth-order valence-corrected chi connectivity index (χ4v) is 3.82. The molecule has 3 aromatic rings. The van der Waals surface area contributed by atoms with E-state index >= 15 is 0 Å². The summed E-state index contributed by atoms with van der Waals surface area (Å²) in [5.74, 6) is -0.750. The summed E-state index contributed by atoms with van der Waals surface area (Å²) in [7, 11) is -3.79. The molecule has 29 heavy (non-hydrogen) atoms. The van der Waals surface area contributed by atoms with Crippen LogP contribution in [0.3, 0.4) is 0 Å². The van der Waals surface area contributed by atoms with Gasteiger partial charge in [0.2, 0.25) is 10.0 Å². The Kier molecular flexibility index (Phi) is 6.41. The molecule has 7 heteroatoms. The number of hydrogen-bond acceptors (Lipinski definition) is 3. The number of sulfonamides is 1. The first-order valence-electron chi connectivity index (χ1n) is 9.02. The first-order valence-corrected chi connectivity index (χ1v) is 10.5. The second-order valence-electron chi connectivity index (χ2n) is 6.60. The van der Waals surface area contributed by atoms with Gasteiger partial charge in [0.25, 0.3) is 5.91 Å². The molecule has 2 N–H and O–H groups in total. The Labute approximate surface area is 169 Å². The van der Waals surface area contributed by atoms with Crippen molar-refractivity contribution in [3.63, 3.8) is 0 Å². The Morgan fingerprint density at radius 1 is 0.897 bits per heavy atom. The second kappa shape index (κ2) is 8.98. The van der Waals surface area contributed by atoms with Crippen LogP contribution in [0.15, 0.2) is 77.7 Å². The zero-order valence-electron chi connectivity index (χ0n) is 15.9. The number of carbonyl (C=O) groups excluding carboxylic acids is 1. The molecule has 0 aromatic heterocycles. The van der Waals surface area contributed by atoms with Crippen LogP contribution in [-0.4, -0.2) is 14.3 Å². The first kappa shape index (κ1) is 20.7. The van der Waals surface area contributed by atoms with Crippen LogP contribution < -0.4 is 10.0 Å². The van der Waals surface area contributed by atoms with Crippen molar-refractivity contribution in [2.75, 3.05) is 0 Å². The number of amides is 1. The van der Waals surface area contributed by atoms with Crippen LogP contribution in [0.25, 0.3) is 0 Å². The molecule has 0 bridgehead atoms. The SMILES string of the molecule is Cc1ccccc1C(=O)NCc1ccc(CNS(=O)(=O)c2cccc(F)c2)cc1. The lowest BCUT2D eigenvalue weighted by Gasteiger charge is -2.09. The van der Waals surface area contributed by atoms with Crippen molar-refractivity contribution in [2.24, 2.45) is 0 Å². The molecule has 0 aliphatic carbocycles. The molecule has 0 fully saturated rings. The minimum atomic E-state index is -3.79. The molecule has 0 saturated carbocycles. The summed E-state index contributed by atoms with van der Waals surface area (Å²) in [6.45, 7) is 2.33. The smallest absolute Gasteiger partial charge is 0.251 e. The van der Waals surface area contributed by atoms with Gasteiger partial charge in [-0.05, 0) is 47.9 Å². The Hall–Kier alpha value is -3.03. The molecule has 0 aliphatic heterocycles. The van der Waals surface area contributed by atoms with Crippen LogP contribution in [0, 0.1) is 12.7 Å². The standard InChI is InChI=1S/C22H21FN2O3S/c1-16-5-2-3-8-21(16)22(26)24-14-17-9-11-18(12-10-17)15-25-29(27,28)20-7-4-6-19(23)13-20/h2-13,25H,14-15H2,1H3,(H,24,26). The van der Waals surface area contributed by atoms with E-state index in [0.717, 1.165) is 22.8 Å². The maximum atomic E-state index is 13.2. The van der Waals surface area contributed by atoms with Crippen molar-refractivity contribution in [1.29, 1.82) is 0 Å². The quantitative estimate of drug-likeness (QED) is 0.623. The minimum absolute atomic E-state index is 0.0781. The van der Waals surface area contributed by atoms with Crippen LogP contribution in [0.2, 0.25) is 0 Å². The summed E-state index contributed by atoms with van der Waals surface area (Å²) in [6.07, 6.45) is 0. The highest BCUT2D eigenvalue weighted by Gasteiger charge is 2.14. The van der Waals surface area contributed by atoms with Gasteiger partial charge >= 0.3 is 0 Å². The first-order chi connectivity index (χ1) is 13.8. The fraction of sp³-hybridized carbons (Fsp3) is 0.136. The third-order valence-corrected chi connectivity index (χ3v) is 5.84. The van der Waals surface area contributed by atoms with Crippen molar-refractivity contribution in [3.8, 4) is 0 Å². The van der Waals surface area contributed by atoms with E-state index in [2.05, 4.69) is 10.0 Å². The van der Waals surface area contributed by atoms with Gasteiger partial charge in [-0.1, -0.05) is 48.5 Å². The number of hydrogen-bond donors (Lipinski definition) is 2. The van der Waals surface area contributed by atoms with E-state index in [1.165, 1.54) is 18.2 Å². The number of benzene rings is 3. The second-order valence-corrected chi connectivity index (χ2v) is 8.36. The van der Waals surface area contributed by atoms with Gasteiger partial charge in [-0.2, -0.15) is 0 Å².